The first-order valence-corrected chi connectivity index (χ1v) is 15.6. The third-order valence-corrected chi connectivity index (χ3v) is 9.01. The fourth-order valence-corrected chi connectivity index (χ4v) is 6.50. The Morgan fingerprint density at radius 3 is 2.24 bits per heavy atom. The number of benzene rings is 3. The quantitative estimate of drug-likeness (QED) is 0.226. The first-order valence-electron chi connectivity index (χ1n) is 15.6. The SMILES string of the molecule is CC(C)(C)c1cccc(CN2CCC(CCCC(=O)c3ccc4c(c3)CN(Cc3ccccc3)CCC4)CC2)c1.Cl.Cl. The maximum absolute atomic E-state index is 13.2. The van der Waals surface area contributed by atoms with Gasteiger partial charge >= 0.3 is 0 Å². The summed E-state index contributed by atoms with van der Waals surface area (Å²) in [5, 5.41) is 0. The number of carbonyl (C=O) groups excluding carboxylic acids is 1. The van der Waals surface area contributed by atoms with Crippen molar-refractivity contribution in [1.29, 1.82) is 0 Å². The third-order valence-electron chi connectivity index (χ3n) is 9.01. The number of carbonyl (C=O) groups is 1. The summed E-state index contributed by atoms with van der Waals surface area (Å²) in [7, 11) is 0. The van der Waals surface area contributed by atoms with Crippen LogP contribution in [0.1, 0.15) is 97.5 Å². The molecule has 0 atom stereocenters. The van der Waals surface area contributed by atoms with Gasteiger partial charge in [-0.15, -0.1) is 24.8 Å². The summed E-state index contributed by atoms with van der Waals surface area (Å²) < 4.78 is 0. The Morgan fingerprint density at radius 1 is 0.786 bits per heavy atom. The molecule has 1 saturated heterocycles. The lowest BCUT2D eigenvalue weighted by Gasteiger charge is -2.32. The molecule has 228 valence electrons. The summed E-state index contributed by atoms with van der Waals surface area (Å²) >= 11 is 0. The van der Waals surface area contributed by atoms with E-state index in [1.165, 1.54) is 66.6 Å². The number of hydrogen-bond donors (Lipinski definition) is 0. The second-order valence-corrected chi connectivity index (χ2v) is 13.3. The average Bonchev–Trinajstić information content (AvgIpc) is 3.15. The van der Waals surface area contributed by atoms with Crippen LogP contribution in [-0.2, 0) is 31.5 Å². The molecule has 5 heteroatoms. The van der Waals surface area contributed by atoms with Gasteiger partial charge < -0.3 is 0 Å². The highest BCUT2D eigenvalue weighted by Gasteiger charge is 2.21. The second-order valence-electron chi connectivity index (χ2n) is 13.3. The summed E-state index contributed by atoms with van der Waals surface area (Å²) in [6, 6.07) is 26.4. The molecule has 2 aliphatic rings. The molecule has 3 nitrogen and oxygen atoms in total. The van der Waals surface area contributed by atoms with E-state index < -0.39 is 0 Å². The Balaban J connectivity index is 0.00000242. The van der Waals surface area contributed by atoms with Crippen molar-refractivity contribution in [3.05, 3.63) is 106 Å². The molecule has 0 spiro atoms. The van der Waals surface area contributed by atoms with Gasteiger partial charge in [0.05, 0.1) is 0 Å². The van der Waals surface area contributed by atoms with Gasteiger partial charge in [-0.25, -0.2) is 0 Å². The molecule has 0 amide bonds. The molecular weight excluding hydrogens is 559 g/mol. The Kier molecular flexibility index (Phi) is 13.1. The molecule has 0 bridgehead atoms. The van der Waals surface area contributed by atoms with E-state index in [0.717, 1.165) is 50.5 Å². The maximum atomic E-state index is 13.2. The largest absolute Gasteiger partial charge is 0.299 e. The van der Waals surface area contributed by atoms with Crippen LogP contribution in [0.3, 0.4) is 0 Å². The number of rotatable bonds is 9. The first kappa shape index (κ1) is 34.3. The van der Waals surface area contributed by atoms with Gasteiger partial charge in [-0.1, -0.05) is 87.5 Å². The lowest BCUT2D eigenvalue weighted by atomic mass is 9.86. The van der Waals surface area contributed by atoms with E-state index >= 15 is 0 Å². The van der Waals surface area contributed by atoms with E-state index in [1.54, 1.807) is 0 Å². The van der Waals surface area contributed by atoms with E-state index in [2.05, 4.69) is 103 Å². The summed E-state index contributed by atoms with van der Waals surface area (Å²) in [4.78, 5) is 18.3. The molecule has 42 heavy (non-hydrogen) atoms. The van der Waals surface area contributed by atoms with Crippen LogP contribution in [0.25, 0.3) is 0 Å². The topological polar surface area (TPSA) is 23.6 Å². The van der Waals surface area contributed by atoms with E-state index in [-0.39, 0.29) is 30.2 Å². The van der Waals surface area contributed by atoms with Crippen LogP contribution in [0.2, 0.25) is 0 Å². The monoisotopic (exact) mass is 608 g/mol. The normalized spacial score (nSPS) is 16.5. The second kappa shape index (κ2) is 16.1. The summed E-state index contributed by atoms with van der Waals surface area (Å²) in [6.07, 6.45) is 7.65. The van der Waals surface area contributed by atoms with Crippen LogP contribution >= 0.6 is 24.8 Å². The van der Waals surface area contributed by atoms with Gasteiger partial charge in [0.2, 0.25) is 0 Å². The Bertz CT molecular complexity index is 1260. The molecule has 5 rings (SSSR count). The Labute approximate surface area is 266 Å². The van der Waals surface area contributed by atoms with E-state index in [4.69, 9.17) is 0 Å². The molecule has 0 saturated carbocycles. The molecule has 0 radical (unpaired) electrons. The summed E-state index contributed by atoms with van der Waals surface area (Å²) in [5.41, 5.74) is 8.08. The molecule has 3 aromatic rings. The standard InChI is InChI=1S/C37H48N2O.2ClH/c1-37(2,3)35-15-7-13-31(24-35)27-38-22-19-29(20-23-38)12-8-16-36(40)33-18-17-32-14-9-21-39(28-34(32)25-33)26-30-10-5-4-6-11-30;;/h4-7,10-11,13,15,17-18,24-25,29H,8-9,12,14,16,19-23,26-28H2,1-3H3;2*1H. The van der Waals surface area contributed by atoms with Crippen LogP contribution < -0.4 is 0 Å². The maximum Gasteiger partial charge on any atom is 0.162 e. The lowest BCUT2D eigenvalue weighted by molar-refractivity contribution is 0.0973. The van der Waals surface area contributed by atoms with Gasteiger partial charge in [-0.3, -0.25) is 14.6 Å². The number of likely N-dealkylation sites (tertiary alicyclic amines) is 1. The van der Waals surface area contributed by atoms with Crippen molar-refractivity contribution in [2.75, 3.05) is 19.6 Å². The molecule has 2 heterocycles. The number of fused-ring (bicyclic) bond motifs is 1. The highest BCUT2D eigenvalue weighted by molar-refractivity contribution is 5.96. The van der Waals surface area contributed by atoms with Gasteiger partial charge in [0.15, 0.2) is 5.78 Å². The van der Waals surface area contributed by atoms with Gasteiger partial charge in [0.25, 0.3) is 0 Å². The molecule has 1 fully saturated rings. The number of nitrogens with zero attached hydrogens (tertiary/aromatic N) is 2. The molecule has 0 unspecified atom stereocenters. The number of Topliss-reactive ketones (excluding diaryl/α,β-unsaturated/α-hetero) is 1. The molecular formula is C37H50Cl2N2O. The van der Waals surface area contributed by atoms with Crippen molar-refractivity contribution in [3.8, 4) is 0 Å². The van der Waals surface area contributed by atoms with Crippen LogP contribution in [-0.4, -0.2) is 35.2 Å². The van der Waals surface area contributed by atoms with E-state index in [1.807, 2.05) is 0 Å². The van der Waals surface area contributed by atoms with Crippen molar-refractivity contribution in [2.24, 2.45) is 5.92 Å². The zero-order valence-electron chi connectivity index (χ0n) is 25.8. The predicted octanol–water partition coefficient (Wildman–Crippen LogP) is 9.04. The smallest absolute Gasteiger partial charge is 0.162 e. The van der Waals surface area contributed by atoms with Gasteiger partial charge in [-0.2, -0.15) is 0 Å². The number of hydrogen-bond acceptors (Lipinski definition) is 3. The number of ketones is 1. The average molecular weight is 610 g/mol. The van der Waals surface area contributed by atoms with Crippen LogP contribution in [0.15, 0.2) is 72.8 Å². The van der Waals surface area contributed by atoms with E-state index in [9.17, 15) is 4.79 Å². The number of piperidine rings is 1. The van der Waals surface area contributed by atoms with Crippen LogP contribution in [0.4, 0.5) is 0 Å². The molecule has 0 aliphatic carbocycles. The van der Waals surface area contributed by atoms with E-state index in [0.29, 0.717) is 12.2 Å². The Hall–Kier alpha value is -2.17. The fourth-order valence-electron chi connectivity index (χ4n) is 6.50. The van der Waals surface area contributed by atoms with Gasteiger partial charge in [0.1, 0.15) is 0 Å². The van der Waals surface area contributed by atoms with Crippen molar-refractivity contribution >= 4 is 30.6 Å². The van der Waals surface area contributed by atoms with Crippen molar-refractivity contribution in [3.63, 3.8) is 0 Å². The molecule has 2 aliphatic heterocycles. The highest BCUT2D eigenvalue weighted by atomic mass is 35.5. The molecule has 0 aromatic heterocycles. The zero-order chi connectivity index (χ0) is 28.0. The number of aryl methyl sites for hydroxylation is 1. The van der Waals surface area contributed by atoms with Gasteiger partial charge in [-0.05, 0) is 103 Å². The minimum atomic E-state index is 0. The molecule has 0 N–H and O–H groups in total. The summed E-state index contributed by atoms with van der Waals surface area (Å²) in [6.45, 7) is 13.3. The van der Waals surface area contributed by atoms with Crippen LogP contribution in [0, 0.1) is 5.92 Å². The lowest BCUT2D eigenvalue weighted by Crippen LogP contribution is -2.33. The Morgan fingerprint density at radius 2 is 1.50 bits per heavy atom. The first-order chi connectivity index (χ1) is 19.3. The zero-order valence-corrected chi connectivity index (χ0v) is 27.5. The summed E-state index contributed by atoms with van der Waals surface area (Å²) in [5.74, 6) is 1.07. The predicted molar refractivity (Wildman–Crippen MR) is 181 cm³/mol. The molecule has 3 aromatic carbocycles. The minimum absolute atomic E-state index is 0. The van der Waals surface area contributed by atoms with Crippen LogP contribution in [0.5, 0.6) is 0 Å². The highest BCUT2D eigenvalue weighted by Crippen LogP contribution is 2.27. The number of halogens is 2. The fraction of sp³-hybridized carbons (Fsp3) is 0.486. The van der Waals surface area contributed by atoms with Crippen molar-refractivity contribution < 1.29 is 4.79 Å². The van der Waals surface area contributed by atoms with Crippen molar-refractivity contribution in [2.45, 2.75) is 90.8 Å². The third kappa shape index (κ3) is 9.67. The van der Waals surface area contributed by atoms with Gasteiger partial charge in [0, 0.05) is 31.6 Å². The van der Waals surface area contributed by atoms with Crippen molar-refractivity contribution in [1.82, 2.24) is 9.80 Å². The minimum Gasteiger partial charge on any atom is -0.299 e.